The van der Waals surface area contributed by atoms with Crippen molar-refractivity contribution in [3.05, 3.63) is 0 Å². The van der Waals surface area contributed by atoms with Crippen LogP contribution in [0.2, 0.25) is 0 Å². The van der Waals surface area contributed by atoms with Crippen LogP contribution in [0, 0.1) is 0 Å². The first-order valence-electron chi connectivity index (χ1n) is 6.94. The zero-order chi connectivity index (χ0) is 13.0. The molecule has 0 bridgehead atoms. The Balaban J connectivity index is 1.98. The van der Waals surface area contributed by atoms with Crippen LogP contribution in [0.4, 0.5) is 0 Å². The fourth-order valence-corrected chi connectivity index (χ4v) is 3.02. The highest BCUT2D eigenvalue weighted by atomic mass is 16.4. The van der Waals surface area contributed by atoms with E-state index in [-0.39, 0.29) is 12.3 Å². The molecular formula is C13H22N2O3. The highest BCUT2D eigenvalue weighted by molar-refractivity contribution is 5.87. The molecule has 2 fully saturated rings. The van der Waals surface area contributed by atoms with Gasteiger partial charge in [-0.15, -0.1) is 0 Å². The van der Waals surface area contributed by atoms with Crippen molar-refractivity contribution in [2.75, 3.05) is 13.1 Å². The smallest absolute Gasteiger partial charge is 0.305 e. The predicted molar refractivity (Wildman–Crippen MR) is 67.2 cm³/mol. The maximum Gasteiger partial charge on any atom is 0.305 e. The van der Waals surface area contributed by atoms with Crippen molar-refractivity contribution in [1.29, 1.82) is 0 Å². The molecule has 0 aromatic heterocycles. The van der Waals surface area contributed by atoms with E-state index in [1.54, 1.807) is 0 Å². The van der Waals surface area contributed by atoms with Gasteiger partial charge >= 0.3 is 5.97 Å². The molecule has 0 spiro atoms. The first kappa shape index (κ1) is 13.3. The molecule has 2 N–H and O–H groups in total. The van der Waals surface area contributed by atoms with Gasteiger partial charge in [0.25, 0.3) is 0 Å². The summed E-state index contributed by atoms with van der Waals surface area (Å²) in [7, 11) is 0. The fraction of sp³-hybridized carbons (Fsp3) is 0.846. The lowest BCUT2D eigenvalue weighted by Gasteiger charge is -2.38. The van der Waals surface area contributed by atoms with Gasteiger partial charge in [0.05, 0.1) is 12.5 Å². The number of carboxylic acid groups (broad SMARTS) is 1. The number of rotatable bonds is 3. The number of piperazine rings is 1. The molecule has 18 heavy (non-hydrogen) atoms. The van der Waals surface area contributed by atoms with Crippen LogP contribution in [-0.4, -0.2) is 47.1 Å². The zero-order valence-corrected chi connectivity index (χ0v) is 10.7. The molecule has 1 heterocycles. The van der Waals surface area contributed by atoms with Crippen molar-refractivity contribution in [2.45, 2.75) is 57.0 Å². The first-order valence-corrected chi connectivity index (χ1v) is 6.94. The molecule has 2 aliphatic rings. The van der Waals surface area contributed by atoms with Crippen LogP contribution in [-0.2, 0) is 9.59 Å². The Kier molecular flexibility index (Phi) is 4.58. The van der Waals surface area contributed by atoms with Gasteiger partial charge in [0.15, 0.2) is 0 Å². The molecule has 0 radical (unpaired) electrons. The lowest BCUT2D eigenvalue weighted by molar-refractivity contribution is -0.145. The van der Waals surface area contributed by atoms with Crippen molar-refractivity contribution < 1.29 is 14.7 Å². The number of carboxylic acids is 1. The Bertz CT molecular complexity index is 311. The van der Waals surface area contributed by atoms with Crippen LogP contribution in [0.25, 0.3) is 0 Å². The quantitative estimate of drug-likeness (QED) is 0.737. The van der Waals surface area contributed by atoms with Gasteiger partial charge in [-0.2, -0.15) is 0 Å². The van der Waals surface area contributed by atoms with Gasteiger partial charge in [-0.1, -0.05) is 25.7 Å². The third kappa shape index (κ3) is 3.22. The van der Waals surface area contributed by atoms with E-state index in [1.165, 1.54) is 25.7 Å². The molecule has 1 saturated carbocycles. The summed E-state index contributed by atoms with van der Waals surface area (Å²) in [5.74, 6) is -0.931. The second-order valence-electron chi connectivity index (χ2n) is 5.28. The summed E-state index contributed by atoms with van der Waals surface area (Å²) in [6.45, 7) is 1.43. The standard InChI is InChI=1S/C13H22N2O3/c16-12(17)9-11-13(18)15(8-7-14-11)10-5-3-1-2-4-6-10/h10-11,14H,1-9H2,(H,16,17). The van der Waals surface area contributed by atoms with E-state index in [0.29, 0.717) is 12.6 Å². The zero-order valence-electron chi connectivity index (χ0n) is 10.7. The van der Waals surface area contributed by atoms with Crippen LogP contribution in [0.1, 0.15) is 44.9 Å². The minimum absolute atomic E-state index is 0.0180. The van der Waals surface area contributed by atoms with Crippen molar-refractivity contribution in [3.8, 4) is 0 Å². The summed E-state index contributed by atoms with van der Waals surface area (Å²) in [6, 6.07) is -0.196. The average molecular weight is 254 g/mol. The SMILES string of the molecule is O=C(O)CC1NCCN(C2CCCCCC2)C1=O. The Morgan fingerprint density at radius 1 is 1.28 bits per heavy atom. The third-order valence-corrected chi connectivity index (χ3v) is 3.97. The number of carbonyl (C=O) groups excluding carboxylic acids is 1. The van der Waals surface area contributed by atoms with Crippen molar-refractivity contribution in [1.82, 2.24) is 10.2 Å². The fourth-order valence-electron chi connectivity index (χ4n) is 3.02. The molecular weight excluding hydrogens is 232 g/mol. The molecule has 1 saturated heterocycles. The minimum Gasteiger partial charge on any atom is -0.481 e. The molecule has 102 valence electrons. The summed E-state index contributed by atoms with van der Waals surface area (Å²) < 4.78 is 0. The van der Waals surface area contributed by atoms with Gasteiger partial charge in [-0.3, -0.25) is 9.59 Å². The number of aliphatic carboxylic acids is 1. The molecule has 0 aromatic rings. The van der Waals surface area contributed by atoms with Gasteiger partial charge < -0.3 is 15.3 Å². The molecule has 5 heteroatoms. The summed E-state index contributed by atoms with van der Waals surface area (Å²) >= 11 is 0. The van der Waals surface area contributed by atoms with E-state index < -0.39 is 12.0 Å². The molecule has 1 amide bonds. The minimum atomic E-state index is -0.913. The highest BCUT2D eigenvalue weighted by Gasteiger charge is 2.33. The van der Waals surface area contributed by atoms with Crippen LogP contribution < -0.4 is 5.32 Å². The predicted octanol–water partition coefficient (Wildman–Crippen LogP) is 0.984. The molecule has 1 aliphatic carbocycles. The lowest BCUT2D eigenvalue weighted by Crippen LogP contribution is -2.58. The monoisotopic (exact) mass is 254 g/mol. The normalized spacial score (nSPS) is 27.0. The third-order valence-electron chi connectivity index (χ3n) is 3.97. The summed E-state index contributed by atoms with van der Waals surface area (Å²) in [5.41, 5.74) is 0. The number of hydrogen-bond donors (Lipinski definition) is 2. The van der Waals surface area contributed by atoms with Gasteiger partial charge in [0.2, 0.25) is 5.91 Å². The van der Waals surface area contributed by atoms with E-state index in [9.17, 15) is 9.59 Å². The lowest BCUT2D eigenvalue weighted by atomic mass is 10.0. The maximum absolute atomic E-state index is 12.3. The molecule has 0 aromatic carbocycles. The number of amides is 1. The maximum atomic E-state index is 12.3. The van der Waals surface area contributed by atoms with Gasteiger partial charge in [-0.05, 0) is 12.8 Å². The molecule has 5 nitrogen and oxygen atoms in total. The largest absolute Gasteiger partial charge is 0.481 e. The number of nitrogens with zero attached hydrogens (tertiary/aromatic N) is 1. The topological polar surface area (TPSA) is 69.6 Å². The van der Waals surface area contributed by atoms with E-state index in [2.05, 4.69) is 5.32 Å². The van der Waals surface area contributed by atoms with E-state index in [1.807, 2.05) is 4.90 Å². The van der Waals surface area contributed by atoms with E-state index >= 15 is 0 Å². The Morgan fingerprint density at radius 3 is 2.56 bits per heavy atom. The highest BCUT2D eigenvalue weighted by Crippen LogP contribution is 2.23. The number of nitrogens with one attached hydrogen (secondary N) is 1. The second-order valence-corrected chi connectivity index (χ2v) is 5.28. The molecule has 2 rings (SSSR count). The summed E-state index contributed by atoms with van der Waals surface area (Å²) in [4.78, 5) is 24.9. The Morgan fingerprint density at radius 2 is 1.94 bits per heavy atom. The van der Waals surface area contributed by atoms with Crippen molar-refractivity contribution >= 4 is 11.9 Å². The first-order chi connectivity index (χ1) is 8.68. The van der Waals surface area contributed by atoms with E-state index in [0.717, 1.165) is 19.4 Å². The van der Waals surface area contributed by atoms with Crippen LogP contribution in [0.3, 0.4) is 0 Å². The van der Waals surface area contributed by atoms with Gasteiger partial charge in [-0.25, -0.2) is 0 Å². The summed E-state index contributed by atoms with van der Waals surface area (Å²) in [6.07, 6.45) is 6.93. The van der Waals surface area contributed by atoms with Crippen LogP contribution in [0.5, 0.6) is 0 Å². The number of hydrogen-bond acceptors (Lipinski definition) is 3. The van der Waals surface area contributed by atoms with Gasteiger partial charge in [0, 0.05) is 19.1 Å². The van der Waals surface area contributed by atoms with Crippen molar-refractivity contribution in [3.63, 3.8) is 0 Å². The van der Waals surface area contributed by atoms with E-state index in [4.69, 9.17) is 5.11 Å². The van der Waals surface area contributed by atoms with Crippen LogP contribution >= 0.6 is 0 Å². The Hall–Kier alpha value is -1.10. The molecule has 1 atom stereocenters. The van der Waals surface area contributed by atoms with Crippen LogP contribution in [0.15, 0.2) is 0 Å². The second kappa shape index (κ2) is 6.18. The average Bonchev–Trinajstić information content (AvgIpc) is 2.60. The van der Waals surface area contributed by atoms with Gasteiger partial charge in [0.1, 0.15) is 0 Å². The number of carbonyl (C=O) groups is 2. The molecule has 1 unspecified atom stereocenters. The summed E-state index contributed by atoms with van der Waals surface area (Å²) in [5, 5.41) is 11.8. The Labute approximate surface area is 108 Å². The van der Waals surface area contributed by atoms with Crippen molar-refractivity contribution in [2.24, 2.45) is 0 Å². The molecule has 1 aliphatic heterocycles.